The van der Waals surface area contributed by atoms with E-state index in [0.29, 0.717) is 43.9 Å². The molecule has 306 valence electrons. The number of nitrogens with one attached hydrogen (secondary N) is 3. The summed E-state index contributed by atoms with van der Waals surface area (Å²) in [6.07, 6.45) is 5.37. The Hall–Kier alpha value is -5.27. The Morgan fingerprint density at radius 1 is 0.793 bits per heavy atom. The summed E-state index contributed by atoms with van der Waals surface area (Å²) in [5.41, 5.74) is 11.4. The largest absolute Gasteiger partial charge is 0.397 e. The van der Waals surface area contributed by atoms with Gasteiger partial charge < -0.3 is 46.1 Å². The maximum absolute atomic E-state index is 13.3. The summed E-state index contributed by atoms with van der Waals surface area (Å²) >= 11 is 0. The van der Waals surface area contributed by atoms with E-state index in [-0.39, 0.29) is 36.5 Å². The fourth-order valence-corrected chi connectivity index (χ4v) is 8.29. The monoisotopic (exact) mass is 788 g/mol. The Labute approximate surface area is 341 Å². The average Bonchev–Trinajstić information content (AvgIpc) is 3.57. The topological polar surface area (TPSA) is 158 Å². The lowest BCUT2D eigenvalue weighted by atomic mass is 9.85. The van der Waals surface area contributed by atoms with Gasteiger partial charge in [-0.15, -0.1) is 0 Å². The number of piperidine rings is 1. The van der Waals surface area contributed by atoms with Gasteiger partial charge in [0.1, 0.15) is 5.54 Å². The van der Waals surface area contributed by atoms with Crippen LogP contribution in [0, 0.1) is 0 Å². The smallest absolute Gasteiger partial charge is 0.247 e. The number of carbonyl (C=O) groups excluding carboxylic acids is 3. The van der Waals surface area contributed by atoms with E-state index in [1.54, 1.807) is 12.1 Å². The molecular weight excluding hydrogens is 733 g/mol. The van der Waals surface area contributed by atoms with Crippen molar-refractivity contribution in [2.45, 2.75) is 95.0 Å². The fourth-order valence-electron chi connectivity index (χ4n) is 8.29. The zero-order valence-corrected chi connectivity index (χ0v) is 33.1. The SMILES string of the molecule is Nc1ccccc1NC(=O)CCCCCCC(=O)NCc1ccc(C2OC(CN3CCC4(CC3)C(=O)NCN4c3ccccc3)CC(c3ccc(CO)cc3)O2)cc1. The average molecular weight is 789 g/mol. The van der Waals surface area contributed by atoms with E-state index in [1.165, 1.54) is 0 Å². The Morgan fingerprint density at radius 2 is 1.45 bits per heavy atom. The van der Waals surface area contributed by atoms with Gasteiger partial charge in [0.05, 0.1) is 36.9 Å². The Bertz CT molecular complexity index is 1970. The van der Waals surface area contributed by atoms with Gasteiger partial charge in [-0.1, -0.05) is 91.7 Å². The first-order valence-electron chi connectivity index (χ1n) is 20.6. The van der Waals surface area contributed by atoms with E-state index >= 15 is 0 Å². The second-order valence-corrected chi connectivity index (χ2v) is 15.7. The molecule has 3 saturated heterocycles. The molecule has 3 heterocycles. The molecule has 12 heteroatoms. The summed E-state index contributed by atoms with van der Waals surface area (Å²) in [7, 11) is 0. The van der Waals surface area contributed by atoms with E-state index in [0.717, 1.165) is 86.1 Å². The van der Waals surface area contributed by atoms with Crippen LogP contribution in [0.3, 0.4) is 0 Å². The molecule has 4 aromatic rings. The van der Waals surface area contributed by atoms with Crippen molar-refractivity contribution in [1.82, 2.24) is 15.5 Å². The first-order valence-corrected chi connectivity index (χ1v) is 20.6. The van der Waals surface area contributed by atoms with Gasteiger partial charge >= 0.3 is 0 Å². The highest BCUT2D eigenvalue weighted by Crippen LogP contribution is 2.40. The number of hydrogen-bond acceptors (Lipinski definition) is 9. The normalized spacial score (nSPS) is 20.5. The number of amides is 3. The lowest BCUT2D eigenvalue weighted by Crippen LogP contribution is -2.57. The third-order valence-corrected chi connectivity index (χ3v) is 11.7. The third kappa shape index (κ3) is 10.2. The quantitative estimate of drug-likeness (QED) is 0.0647. The molecule has 4 aromatic carbocycles. The highest BCUT2D eigenvalue weighted by atomic mass is 16.7. The van der Waals surface area contributed by atoms with Crippen LogP contribution in [0.25, 0.3) is 0 Å². The second kappa shape index (κ2) is 19.5. The Balaban J connectivity index is 0.889. The Kier molecular flexibility index (Phi) is 13.7. The van der Waals surface area contributed by atoms with Crippen LogP contribution in [0.4, 0.5) is 17.1 Å². The van der Waals surface area contributed by atoms with Crippen LogP contribution in [-0.2, 0) is 37.0 Å². The number of anilines is 3. The van der Waals surface area contributed by atoms with Crippen LogP contribution < -0.4 is 26.6 Å². The van der Waals surface area contributed by atoms with E-state index < -0.39 is 11.8 Å². The predicted molar refractivity (Wildman–Crippen MR) is 224 cm³/mol. The van der Waals surface area contributed by atoms with Crippen molar-refractivity contribution in [3.05, 3.63) is 125 Å². The summed E-state index contributed by atoms with van der Waals surface area (Å²) in [6.45, 7) is 3.21. The van der Waals surface area contributed by atoms with Gasteiger partial charge in [-0.05, 0) is 66.6 Å². The van der Waals surface area contributed by atoms with Crippen LogP contribution in [0.1, 0.15) is 92.4 Å². The van der Waals surface area contributed by atoms with Gasteiger partial charge in [0.15, 0.2) is 6.29 Å². The number of aliphatic hydroxyl groups is 1. The number of unbranched alkanes of at least 4 members (excludes halogenated alkanes) is 3. The highest BCUT2D eigenvalue weighted by Gasteiger charge is 2.50. The molecule has 12 nitrogen and oxygen atoms in total. The van der Waals surface area contributed by atoms with E-state index in [9.17, 15) is 19.5 Å². The van der Waals surface area contributed by atoms with Crippen molar-refractivity contribution in [1.29, 1.82) is 0 Å². The van der Waals surface area contributed by atoms with Gasteiger partial charge in [-0.2, -0.15) is 0 Å². The van der Waals surface area contributed by atoms with E-state index in [4.69, 9.17) is 15.2 Å². The van der Waals surface area contributed by atoms with Gasteiger partial charge in [0, 0.05) is 56.7 Å². The lowest BCUT2D eigenvalue weighted by molar-refractivity contribution is -0.253. The predicted octanol–water partition coefficient (Wildman–Crippen LogP) is 6.33. The van der Waals surface area contributed by atoms with Gasteiger partial charge in [0.25, 0.3) is 0 Å². The van der Waals surface area contributed by atoms with Gasteiger partial charge in [-0.3, -0.25) is 14.4 Å². The van der Waals surface area contributed by atoms with E-state index in [1.807, 2.05) is 78.9 Å². The molecular formula is C46H56N6O6. The van der Waals surface area contributed by atoms with Crippen LogP contribution in [0.2, 0.25) is 0 Å². The molecule has 3 aliphatic rings. The number of benzene rings is 4. The minimum Gasteiger partial charge on any atom is -0.397 e. The number of nitrogen functional groups attached to an aromatic ring is 1. The van der Waals surface area contributed by atoms with Crippen molar-refractivity contribution in [3.63, 3.8) is 0 Å². The molecule has 0 aromatic heterocycles. The van der Waals surface area contributed by atoms with Crippen LogP contribution >= 0.6 is 0 Å². The fraction of sp³-hybridized carbons (Fsp3) is 0.413. The molecule has 3 fully saturated rings. The van der Waals surface area contributed by atoms with Crippen molar-refractivity contribution < 1.29 is 29.0 Å². The maximum atomic E-state index is 13.3. The standard InChI is InChI=1S/C46H56N6O6/c47-39-12-8-9-13-40(39)50-43(55)15-7-2-1-6-14-42(54)48-29-33-16-22-36(23-17-33)44-57-38(28-41(58-44)35-20-18-34(31-53)19-21-35)30-51-26-24-46(25-27-51)45(56)49-32-52(46)37-10-4-3-5-11-37/h3-5,8-13,16-23,38,41,44,53H,1-2,6-7,14-15,24-32,47H2,(H,48,54)(H,49,56)(H,50,55). The maximum Gasteiger partial charge on any atom is 0.247 e. The molecule has 3 amide bonds. The lowest BCUT2D eigenvalue weighted by Gasteiger charge is -2.45. The third-order valence-electron chi connectivity index (χ3n) is 11.7. The number of rotatable bonds is 16. The van der Waals surface area contributed by atoms with Crippen molar-refractivity contribution in [2.75, 3.05) is 42.3 Å². The van der Waals surface area contributed by atoms with Crippen LogP contribution in [0.15, 0.2) is 103 Å². The van der Waals surface area contributed by atoms with Crippen molar-refractivity contribution in [3.8, 4) is 0 Å². The second-order valence-electron chi connectivity index (χ2n) is 15.7. The number of carbonyl (C=O) groups is 3. The minimum atomic E-state index is -0.585. The number of aliphatic hydroxyl groups excluding tert-OH is 1. The van der Waals surface area contributed by atoms with E-state index in [2.05, 4.69) is 37.9 Å². The summed E-state index contributed by atoms with van der Waals surface area (Å²) in [5, 5.41) is 18.6. The number of likely N-dealkylation sites (tertiary alicyclic amines) is 1. The van der Waals surface area contributed by atoms with Crippen LogP contribution in [-0.4, -0.2) is 65.7 Å². The van der Waals surface area contributed by atoms with Crippen molar-refractivity contribution >= 4 is 34.8 Å². The molecule has 3 aliphatic heterocycles. The first kappa shape index (κ1) is 40.9. The molecule has 0 aliphatic carbocycles. The first-order chi connectivity index (χ1) is 28.3. The molecule has 58 heavy (non-hydrogen) atoms. The molecule has 0 bridgehead atoms. The van der Waals surface area contributed by atoms with Gasteiger partial charge in [0.2, 0.25) is 17.7 Å². The summed E-state index contributed by atoms with van der Waals surface area (Å²) in [4.78, 5) is 42.8. The molecule has 6 N–H and O–H groups in total. The summed E-state index contributed by atoms with van der Waals surface area (Å²) < 4.78 is 13.3. The molecule has 3 atom stereocenters. The number of hydrogen-bond donors (Lipinski definition) is 5. The number of nitrogens with two attached hydrogens (primary N) is 1. The molecule has 0 saturated carbocycles. The Morgan fingerprint density at radius 3 is 2.16 bits per heavy atom. The van der Waals surface area contributed by atoms with Crippen LogP contribution in [0.5, 0.6) is 0 Å². The number of para-hydroxylation sites is 3. The minimum absolute atomic E-state index is 0.00295. The zero-order valence-electron chi connectivity index (χ0n) is 33.1. The molecule has 7 rings (SSSR count). The number of ether oxygens (including phenoxy) is 2. The zero-order chi connectivity index (χ0) is 40.3. The molecule has 0 radical (unpaired) electrons. The van der Waals surface area contributed by atoms with Gasteiger partial charge in [-0.25, -0.2) is 0 Å². The highest BCUT2D eigenvalue weighted by molar-refractivity contribution is 5.94. The summed E-state index contributed by atoms with van der Waals surface area (Å²) in [6, 6.07) is 33.3. The van der Waals surface area contributed by atoms with Crippen molar-refractivity contribution in [2.24, 2.45) is 0 Å². The molecule has 1 spiro atoms. The number of nitrogens with zero attached hydrogens (tertiary/aromatic N) is 2. The molecule has 3 unspecified atom stereocenters. The summed E-state index contributed by atoms with van der Waals surface area (Å²) in [5.74, 6) is 0.0527.